The van der Waals surface area contributed by atoms with Gasteiger partial charge in [0.05, 0.1) is 23.3 Å². The number of ether oxygens (including phenoxy) is 1. The van der Waals surface area contributed by atoms with E-state index < -0.39 is 10.0 Å². The van der Waals surface area contributed by atoms with Crippen LogP contribution in [-0.4, -0.2) is 25.7 Å². The van der Waals surface area contributed by atoms with Gasteiger partial charge in [-0.3, -0.25) is 4.72 Å². The van der Waals surface area contributed by atoms with E-state index in [2.05, 4.69) is 14.9 Å². The van der Waals surface area contributed by atoms with Crippen molar-refractivity contribution in [1.29, 1.82) is 0 Å². The number of rotatable bonds is 6. The fourth-order valence-electron chi connectivity index (χ4n) is 2.85. The Morgan fingerprint density at radius 1 is 0.903 bits per heavy atom. The van der Waals surface area contributed by atoms with Gasteiger partial charge in [0.1, 0.15) is 5.75 Å². The van der Waals surface area contributed by atoms with Crippen molar-refractivity contribution < 1.29 is 17.6 Å². The molecule has 3 aromatic carbocycles. The third-order valence-electron chi connectivity index (χ3n) is 4.29. The van der Waals surface area contributed by atoms with Crippen molar-refractivity contribution in [3.8, 4) is 28.7 Å². The molecule has 0 amide bonds. The largest absolute Gasteiger partial charge is 0.497 e. The van der Waals surface area contributed by atoms with Gasteiger partial charge in [-0.25, -0.2) is 8.42 Å². The molecule has 4 rings (SSSR count). The van der Waals surface area contributed by atoms with E-state index in [1.54, 1.807) is 55.6 Å². The first kappa shape index (κ1) is 21.2. The van der Waals surface area contributed by atoms with E-state index in [4.69, 9.17) is 32.4 Å². The number of nitrogens with one attached hydrogen (secondary N) is 1. The molecule has 0 aliphatic heterocycles. The molecule has 0 spiro atoms. The second kappa shape index (κ2) is 8.58. The molecule has 4 aromatic rings. The van der Waals surface area contributed by atoms with Crippen molar-refractivity contribution in [2.75, 3.05) is 11.8 Å². The Morgan fingerprint density at radius 2 is 1.61 bits per heavy atom. The standard InChI is InChI=1S/C21H15Cl2N3O4S/c1-29-16-6-4-5-13(9-16)20-24-25-21(30-20)18-7-2-3-8-19(18)26-31(27,28)17-11-14(22)10-15(23)12-17/h2-12,26H,1H3. The van der Waals surface area contributed by atoms with Gasteiger partial charge in [-0.05, 0) is 48.5 Å². The van der Waals surface area contributed by atoms with E-state index in [9.17, 15) is 8.42 Å². The first-order valence-corrected chi connectivity index (χ1v) is 11.2. The molecule has 0 bridgehead atoms. The van der Waals surface area contributed by atoms with E-state index in [1.165, 1.54) is 18.2 Å². The van der Waals surface area contributed by atoms with Crippen LogP contribution in [0, 0.1) is 0 Å². The molecule has 0 aliphatic carbocycles. The molecule has 0 aliphatic rings. The minimum atomic E-state index is -3.97. The summed E-state index contributed by atoms with van der Waals surface area (Å²) in [5, 5.41) is 8.57. The Hall–Kier alpha value is -3.07. The summed E-state index contributed by atoms with van der Waals surface area (Å²) in [4.78, 5) is -0.0672. The van der Waals surface area contributed by atoms with Gasteiger partial charge in [-0.15, -0.1) is 10.2 Å². The topological polar surface area (TPSA) is 94.3 Å². The number of nitrogens with zero attached hydrogens (tertiary/aromatic N) is 2. The quantitative estimate of drug-likeness (QED) is 0.394. The number of halogens is 2. The summed E-state index contributed by atoms with van der Waals surface area (Å²) in [6.45, 7) is 0. The molecule has 31 heavy (non-hydrogen) atoms. The Kier molecular flexibility index (Phi) is 5.86. The first-order chi connectivity index (χ1) is 14.9. The summed E-state index contributed by atoms with van der Waals surface area (Å²) in [5.74, 6) is 1.07. The lowest BCUT2D eigenvalue weighted by molar-refractivity contribution is 0.415. The van der Waals surface area contributed by atoms with Crippen molar-refractivity contribution in [3.05, 3.63) is 76.8 Å². The highest BCUT2D eigenvalue weighted by Gasteiger charge is 2.20. The molecule has 10 heteroatoms. The maximum Gasteiger partial charge on any atom is 0.262 e. The summed E-state index contributed by atoms with van der Waals surface area (Å²) in [6.07, 6.45) is 0. The lowest BCUT2D eigenvalue weighted by Crippen LogP contribution is -2.13. The van der Waals surface area contributed by atoms with Crippen molar-refractivity contribution in [2.45, 2.75) is 4.90 Å². The lowest BCUT2D eigenvalue weighted by atomic mass is 10.2. The zero-order valence-electron chi connectivity index (χ0n) is 16.0. The molecule has 1 aromatic heterocycles. The smallest absolute Gasteiger partial charge is 0.262 e. The van der Waals surface area contributed by atoms with Crippen molar-refractivity contribution in [1.82, 2.24) is 10.2 Å². The van der Waals surface area contributed by atoms with Crippen molar-refractivity contribution in [3.63, 3.8) is 0 Å². The van der Waals surface area contributed by atoms with E-state index >= 15 is 0 Å². The Balaban J connectivity index is 1.69. The molecule has 0 atom stereocenters. The number of hydrogen-bond acceptors (Lipinski definition) is 6. The van der Waals surface area contributed by atoms with Gasteiger partial charge in [0.25, 0.3) is 10.0 Å². The number of aromatic nitrogens is 2. The van der Waals surface area contributed by atoms with Crippen LogP contribution in [0.3, 0.4) is 0 Å². The zero-order valence-corrected chi connectivity index (χ0v) is 18.4. The van der Waals surface area contributed by atoms with Crippen LogP contribution in [0.5, 0.6) is 5.75 Å². The Morgan fingerprint density at radius 3 is 2.35 bits per heavy atom. The fraction of sp³-hybridized carbons (Fsp3) is 0.0476. The predicted molar refractivity (Wildman–Crippen MR) is 119 cm³/mol. The molecule has 0 unspecified atom stereocenters. The van der Waals surface area contributed by atoms with Gasteiger partial charge in [0.15, 0.2) is 0 Å². The van der Waals surface area contributed by atoms with Gasteiger partial charge in [0, 0.05) is 15.6 Å². The third kappa shape index (κ3) is 4.66. The highest BCUT2D eigenvalue weighted by Crippen LogP contribution is 2.32. The predicted octanol–water partition coefficient (Wildman–Crippen LogP) is 5.52. The summed E-state index contributed by atoms with van der Waals surface area (Å²) in [6, 6.07) is 17.9. The molecular weight excluding hydrogens is 461 g/mol. The van der Waals surface area contributed by atoms with E-state index in [-0.39, 0.29) is 32.4 Å². The van der Waals surface area contributed by atoms with Crippen molar-refractivity contribution in [2.24, 2.45) is 0 Å². The number of anilines is 1. The molecule has 7 nitrogen and oxygen atoms in total. The summed E-state index contributed by atoms with van der Waals surface area (Å²) >= 11 is 11.9. The highest BCUT2D eigenvalue weighted by molar-refractivity contribution is 7.92. The molecule has 1 N–H and O–H groups in total. The average Bonchev–Trinajstić information content (AvgIpc) is 3.23. The van der Waals surface area contributed by atoms with Crippen LogP contribution in [-0.2, 0) is 10.0 Å². The van der Waals surface area contributed by atoms with Crippen molar-refractivity contribution >= 4 is 38.9 Å². The number of hydrogen-bond donors (Lipinski definition) is 1. The van der Waals surface area contributed by atoms with Crippen LogP contribution in [0.2, 0.25) is 10.0 Å². The maximum absolute atomic E-state index is 12.9. The van der Waals surface area contributed by atoms with Gasteiger partial charge in [-0.2, -0.15) is 0 Å². The molecule has 0 saturated carbocycles. The highest BCUT2D eigenvalue weighted by atomic mass is 35.5. The second-order valence-corrected chi connectivity index (χ2v) is 8.96. The van der Waals surface area contributed by atoms with Crippen LogP contribution in [0.15, 0.2) is 76.0 Å². The molecule has 158 valence electrons. The lowest BCUT2D eigenvalue weighted by Gasteiger charge is -2.11. The molecule has 0 saturated heterocycles. The molecule has 0 fully saturated rings. The monoisotopic (exact) mass is 475 g/mol. The van der Waals surface area contributed by atoms with E-state index in [0.29, 0.717) is 16.9 Å². The van der Waals surface area contributed by atoms with E-state index in [0.717, 1.165) is 0 Å². The van der Waals surface area contributed by atoms with Crippen LogP contribution >= 0.6 is 23.2 Å². The van der Waals surface area contributed by atoms with Crippen LogP contribution in [0.4, 0.5) is 5.69 Å². The van der Waals surface area contributed by atoms with Gasteiger partial charge in [-0.1, -0.05) is 41.4 Å². The summed E-state index contributed by atoms with van der Waals surface area (Å²) in [7, 11) is -2.41. The first-order valence-electron chi connectivity index (χ1n) is 8.92. The molecule has 0 radical (unpaired) electrons. The Labute approximate surface area is 188 Å². The minimum absolute atomic E-state index is 0.0672. The number of methoxy groups -OCH3 is 1. The summed E-state index contributed by atoms with van der Waals surface area (Å²) < 4.78 is 39.3. The third-order valence-corrected chi connectivity index (χ3v) is 6.07. The SMILES string of the molecule is COc1cccc(-c2nnc(-c3ccccc3NS(=O)(=O)c3cc(Cl)cc(Cl)c3)o2)c1. The summed E-state index contributed by atoms with van der Waals surface area (Å²) in [5.41, 5.74) is 1.35. The average molecular weight is 476 g/mol. The van der Waals surface area contributed by atoms with Crippen LogP contribution in [0.1, 0.15) is 0 Å². The zero-order chi connectivity index (χ0) is 22.0. The number of para-hydroxylation sites is 1. The molecular formula is C21H15Cl2N3O4S. The normalized spacial score (nSPS) is 11.3. The Bertz CT molecular complexity index is 1340. The maximum atomic E-state index is 12.9. The second-order valence-electron chi connectivity index (χ2n) is 6.40. The number of benzene rings is 3. The number of sulfonamides is 1. The van der Waals surface area contributed by atoms with Gasteiger partial charge >= 0.3 is 0 Å². The van der Waals surface area contributed by atoms with Crippen LogP contribution < -0.4 is 9.46 Å². The minimum Gasteiger partial charge on any atom is -0.497 e. The molecule has 1 heterocycles. The van der Waals surface area contributed by atoms with E-state index in [1.807, 2.05) is 0 Å². The fourth-order valence-corrected chi connectivity index (χ4v) is 4.66. The van der Waals surface area contributed by atoms with Crippen LogP contribution in [0.25, 0.3) is 22.9 Å². The van der Waals surface area contributed by atoms with Gasteiger partial charge < -0.3 is 9.15 Å². The van der Waals surface area contributed by atoms with Gasteiger partial charge in [0.2, 0.25) is 11.8 Å².